The van der Waals surface area contributed by atoms with Crippen molar-refractivity contribution >= 4 is 37.8 Å². The van der Waals surface area contributed by atoms with Gasteiger partial charge in [0.1, 0.15) is 5.75 Å². The highest BCUT2D eigenvalue weighted by atomic mass is 32.2. The van der Waals surface area contributed by atoms with E-state index in [0.717, 1.165) is 33.5 Å². The van der Waals surface area contributed by atoms with Crippen LogP contribution in [-0.2, 0) is 10.0 Å². The van der Waals surface area contributed by atoms with Crippen LogP contribution in [-0.4, -0.2) is 21.2 Å². The van der Waals surface area contributed by atoms with Gasteiger partial charge in [0.25, 0.3) is 10.0 Å². The molecule has 0 aliphatic carbocycles. The molecule has 152 valence electrons. The molecule has 0 heterocycles. The first-order chi connectivity index (χ1) is 14.6. The molecule has 0 aliphatic rings. The second-order valence-electron chi connectivity index (χ2n) is 6.91. The molecule has 0 atom stereocenters. The van der Waals surface area contributed by atoms with E-state index >= 15 is 0 Å². The highest BCUT2D eigenvalue weighted by Gasteiger charge is 2.14. The Hall–Kier alpha value is -3.38. The molecule has 5 nitrogen and oxygen atoms in total. The molecule has 0 unspecified atom stereocenters. The zero-order valence-corrected chi connectivity index (χ0v) is 17.4. The molecule has 0 saturated heterocycles. The highest BCUT2D eigenvalue weighted by Crippen LogP contribution is 2.27. The standard InChI is InChI=1S/C24H22N2O3S/c1-2-15-29-24-14-12-19-8-5-6-10-22(19)23(24)17-25-26-30(27,28)21-13-11-18-7-3-4-9-20(18)16-21/h3-14,16-17,26H,2,15H2,1H3/b25-17+. The van der Waals surface area contributed by atoms with Crippen LogP contribution in [0.2, 0.25) is 0 Å². The Morgan fingerprint density at radius 1 is 0.900 bits per heavy atom. The van der Waals surface area contributed by atoms with Crippen LogP contribution in [0.1, 0.15) is 18.9 Å². The average molecular weight is 419 g/mol. The van der Waals surface area contributed by atoms with Crippen LogP contribution in [0.3, 0.4) is 0 Å². The van der Waals surface area contributed by atoms with Crippen molar-refractivity contribution in [3.63, 3.8) is 0 Å². The summed E-state index contributed by atoms with van der Waals surface area (Å²) in [7, 11) is -3.79. The summed E-state index contributed by atoms with van der Waals surface area (Å²) in [4.78, 5) is 2.49. The van der Waals surface area contributed by atoms with E-state index in [2.05, 4.69) is 9.93 Å². The lowest BCUT2D eigenvalue weighted by molar-refractivity contribution is 0.317. The predicted molar refractivity (Wildman–Crippen MR) is 122 cm³/mol. The van der Waals surface area contributed by atoms with E-state index in [1.165, 1.54) is 6.21 Å². The minimum absolute atomic E-state index is 0.165. The molecule has 0 aromatic heterocycles. The molecule has 0 spiro atoms. The summed E-state index contributed by atoms with van der Waals surface area (Å²) in [6.07, 6.45) is 2.38. The molecule has 0 saturated carbocycles. The van der Waals surface area contributed by atoms with Gasteiger partial charge in [-0.25, -0.2) is 4.83 Å². The molecular formula is C24H22N2O3S. The monoisotopic (exact) mass is 418 g/mol. The topological polar surface area (TPSA) is 67.8 Å². The lowest BCUT2D eigenvalue weighted by Crippen LogP contribution is -2.18. The zero-order chi connectivity index (χ0) is 21.0. The van der Waals surface area contributed by atoms with Crippen molar-refractivity contribution in [2.24, 2.45) is 5.10 Å². The molecule has 4 aromatic carbocycles. The lowest BCUT2D eigenvalue weighted by atomic mass is 10.0. The van der Waals surface area contributed by atoms with Gasteiger partial charge in [0, 0.05) is 5.56 Å². The largest absolute Gasteiger partial charge is 0.493 e. The number of hydrogen-bond donors (Lipinski definition) is 1. The van der Waals surface area contributed by atoms with Crippen molar-refractivity contribution in [2.75, 3.05) is 6.61 Å². The molecule has 6 heteroatoms. The van der Waals surface area contributed by atoms with Gasteiger partial charge in [-0.15, -0.1) is 0 Å². The van der Waals surface area contributed by atoms with Crippen molar-refractivity contribution in [1.82, 2.24) is 4.83 Å². The maximum absolute atomic E-state index is 12.7. The van der Waals surface area contributed by atoms with Crippen molar-refractivity contribution in [1.29, 1.82) is 0 Å². The number of nitrogens with zero attached hydrogens (tertiary/aromatic N) is 1. The number of sulfonamides is 1. The normalized spacial score (nSPS) is 11.9. The first kappa shape index (κ1) is 19.9. The minimum atomic E-state index is -3.79. The van der Waals surface area contributed by atoms with Gasteiger partial charge in [-0.05, 0) is 46.2 Å². The van der Waals surface area contributed by atoms with Crippen LogP contribution < -0.4 is 9.57 Å². The van der Waals surface area contributed by atoms with Crippen molar-refractivity contribution < 1.29 is 13.2 Å². The molecule has 0 radical (unpaired) electrons. The van der Waals surface area contributed by atoms with Crippen molar-refractivity contribution in [3.8, 4) is 5.75 Å². The minimum Gasteiger partial charge on any atom is -0.493 e. The van der Waals surface area contributed by atoms with Crippen molar-refractivity contribution in [2.45, 2.75) is 18.2 Å². The SMILES string of the molecule is CCCOc1ccc2ccccc2c1/C=N/NS(=O)(=O)c1ccc2ccccc2c1. The Labute approximate surface area is 176 Å². The van der Waals surface area contributed by atoms with E-state index in [1.54, 1.807) is 18.2 Å². The van der Waals surface area contributed by atoms with Crippen LogP contribution in [0.15, 0.2) is 88.9 Å². The molecule has 4 aromatic rings. The number of ether oxygens (including phenoxy) is 1. The van der Waals surface area contributed by atoms with Gasteiger partial charge in [0.2, 0.25) is 0 Å². The number of rotatable bonds is 7. The fourth-order valence-electron chi connectivity index (χ4n) is 3.29. The van der Waals surface area contributed by atoms with Gasteiger partial charge < -0.3 is 4.74 Å². The third-order valence-electron chi connectivity index (χ3n) is 4.79. The van der Waals surface area contributed by atoms with Gasteiger partial charge in [0.05, 0.1) is 17.7 Å². The van der Waals surface area contributed by atoms with Crippen LogP contribution in [0.4, 0.5) is 0 Å². The highest BCUT2D eigenvalue weighted by molar-refractivity contribution is 7.89. The second-order valence-corrected chi connectivity index (χ2v) is 8.57. The first-order valence-electron chi connectivity index (χ1n) is 9.77. The smallest absolute Gasteiger partial charge is 0.276 e. The molecule has 30 heavy (non-hydrogen) atoms. The Morgan fingerprint density at radius 3 is 2.40 bits per heavy atom. The van der Waals surface area contributed by atoms with E-state index in [9.17, 15) is 8.42 Å². The summed E-state index contributed by atoms with van der Waals surface area (Å²) in [6.45, 7) is 2.61. The Bertz CT molecular complexity index is 1330. The first-order valence-corrected chi connectivity index (χ1v) is 11.2. The van der Waals surface area contributed by atoms with Gasteiger partial charge in [-0.3, -0.25) is 0 Å². The summed E-state index contributed by atoms with van der Waals surface area (Å²) in [6, 6.07) is 24.3. The van der Waals surface area contributed by atoms with Gasteiger partial charge >= 0.3 is 0 Å². The Morgan fingerprint density at radius 2 is 1.60 bits per heavy atom. The van der Waals surface area contributed by atoms with Crippen LogP contribution in [0.5, 0.6) is 5.75 Å². The van der Waals surface area contributed by atoms with Crippen molar-refractivity contribution in [3.05, 3.63) is 84.4 Å². The number of benzene rings is 4. The number of nitrogens with one attached hydrogen (secondary N) is 1. The van der Waals surface area contributed by atoms with E-state index in [0.29, 0.717) is 12.4 Å². The lowest BCUT2D eigenvalue weighted by Gasteiger charge is -2.11. The van der Waals surface area contributed by atoms with E-state index in [-0.39, 0.29) is 4.90 Å². The Kier molecular flexibility index (Phi) is 5.68. The zero-order valence-electron chi connectivity index (χ0n) is 16.6. The molecule has 1 N–H and O–H groups in total. The fourth-order valence-corrected chi connectivity index (χ4v) is 4.12. The summed E-state index contributed by atoms with van der Waals surface area (Å²) in [5.74, 6) is 0.671. The molecule has 0 aliphatic heterocycles. The maximum Gasteiger partial charge on any atom is 0.276 e. The predicted octanol–water partition coefficient (Wildman–Crippen LogP) is 5.09. The summed E-state index contributed by atoms with van der Waals surface area (Å²) >= 11 is 0. The summed E-state index contributed by atoms with van der Waals surface area (Å²) < 4.78 is 31.3. The molecule has 4 rings (SSSR count). The number of hydrogen-bond acceptors (Lipinski definition) is 4. The summed E-state index contributed by atoms with van der Waals surface area (Å²) in [5, 5.41) is 7.85. The van der Waals surface area contributed by atoms with Gasteiger partial charge in [-0.1, -0.05) is 67.6 Å². The molecular weight excluding hydrogens is 396 g/mol. The second kappa shape index (κ2) is 8.55. The van der Waals surface area contributed by atoms with Gasteiger partial charge in [-0.2, -0.15) is 13.5 Å². The Balaban J connectivity index is 1.65. The maximum atomic E-state index is 12.7. The van der Waals surface area contributed by atoms with E-state index < -0.39 is 10.0 Å². The van der Waals surface area contributed by atoms with Crippen LogP contribution >= 0.6 is 0 Å². The van der Waals surface area contributed by atoms with Crippen LogP contribution in [0, 0.1) is 0 Å². The molecule has 0 bridgehead atoms. The third kappa shape index (κ3) is 4.14. The van der Waals surface area contributed by atoms with E-state index in [4.69, 9.17) is 4.74 Å². The summed E-state index contributed by atoms with van der Waals surface area (Å²) in [5.41, 5.74) is 0.739. The number of hydrazone groups is 1. The quantitative estimate of drug-likeness (QED) is 0.336. The van der Waals surface area contributed by atoms with Gasteiger partial charge in [0.15, 0.2) is 0 Å². The van der Waals surface area contributed by atoms with E-state index in [1.807, 2.05) is 67.6 Å². The number of fused-ring (bicyclic) bond motifs is 2. The molecule has 0 fully saturated rings. The third-order valence-corrected chi connectivity index (χ3v) is 6.01. The average Bonchev–Trinajstić information content (AvgIpc) is 2.78. The fraction of sp³-hybridized carbons (Fsp3) is 0.125. The van der Waals surface area contributed by atoms with Crippen LogP contribution in [0.25, 0.3) is 21.5 Å². The molecule has 0 amide bonds.